The van der Waals surface area contributed by atoms with E-state index in [9.17, 15) is 0 Å². The minimum atomic E-state index is -0.299. The van der Waals surface area contributed by atoms with E-state index in [1.807, 2.05) is 0 Å². The van der Waals surface area contributed by atoms with E-state index in [0.29, 0.717) is 5.92 Å². The normalized spacial score (nSPS) is 21.8. The van der Waals surface area contributed by atoms with Gasteiger partial charge in [-0.1, -0.05) is 170 Å². The molecule has 242 valence electrons. The Bertz CT molecular complexity index is 2330. The average Bonchev–Trinajstić information content (AvgIpc) is 3.31. The van der Waals surface area contributed by atoms with Gasteiger partial charge in [0.25, 0.3) is 0 Å². The van der Waals surface area contributed by atoms with E-state index in [1.54, 1.807) is 0 Å². The number of hydrogen-bond acceptors (Lipinski definition) is 1. The molecule has 1 heteroatoms. The summed E-state index contributed by atoms with van der Waals surface area (Å²) in [5, 5.41) is 0. The predicted molar refractivity (Wildman–Crippen MR) is 213 cm³/mol. The lowest BCUT2D eigenvalue weighted by molar-refractivity contribution is 0.445. The highest BCUT2D eigenvalue weighted by atomic mass is 15.1. The highest BCUT2D eigenvalue weighted by Crippen LogP contribution is 2.63. The molecule has 4 aliphatic rings. The van der Waals surface area contributed by atoms with Gasteiger partial charge in [0.15, 0.2) is 0 Å². The topological polar surface area (TPSA) is 3.24 Å². The zero-order valence-electron chi connectivity index (χ0n) is 28.3. The zero-order valence-corrected chi connectivity index (χ0v) is 28.3. The Balaban J connectivity index is 1.18. The lowest BCUT2D eigenvalue weighted by Gasteiger charge is -2.44. The van der Waals surface area contributed by atoms with E-state index >= 15 is 0 Å². The Morgan fingerprint density at radius 1 is 0.431 bits per heavy atom. The number of benzene rings is 6. The molecule has 0 aliphatic heterocycles. The Morgan fingerprint density at radius 3 is 1.69 bits per heavy atom. The predicted octanol–water partition coefficient (Wildman–Crippen LogP) is 12.8. The van der Waals surface area contributed by atoms with Crippen LogP contribution in [0.3, 0.4) is 0 Å². The second kappa shape index (κ2) is 12.0. The Morgan fingerprint density at radius 2 is 1.00 bits per heavy atom. The molecule has 4 unspecified atom stereocenters. The molecule has 0 heterocycles. The van der Waals surface area contributed by atoms with Crippen LogP contribution >= 0.6 is 0 Å². The summed E-state index contributed by atoms with van der Waals surface area (Å²) >= 11 is 0. The molecule has 4 atom stereocenters. The minimum absolute atomic E-state index is 0.225. The third-order valence-corrected chi connectivity index (χ3v) is 11.4. The molecule has 0 radical (unpaired) electrons. The minimum Gasteiger partial charge on any atom is -0.310 e. The number of nitrogens with zero attached hydrogens (tertiary/aromatic N) is 1. The second-order valence-corrected chi connectivity index (χ2v) is 14.0. The van der Waals surface area contributed by atoms with E-state index in [-0.39, 0.29) is 17.3 Å². The molecule has 51 heavy (non-hydrogen) atoms. The molecule has 1 spiro atoms. The molecule has 0 N–H and O–H groups in total. The fourth-order valence-corrected chi connectivity index (χ4v) is 9.21. The summed E-state index contributed by atoms with van der Waals surface area (Å²) < 4.78 is 0. The van der Waals surface area contributed by atoms with Crippen LogP contribution in [-0.4, -0.2) is 0 Å². The van der Waals surface area contributed by atoms with Gasteiger partial charge in [-0.2, -0.15) is 0 Å². The average molecular weight is 652 g/mol. The number of allylic oxidation sites excluding steroid dienone is 10. The van der Waals surface area contributed by atoms with Gasteiger partial charge in [-0.15, -0.1) is 0 Å². The lowest BCUT2D eigenvalue weighted by atomic mass is 9.58. The molecular formula is C50H37N. The smallest absolute Gasteiger partial charge is 0.0526 e. The first kappa shape index (κ1) is 29.7. The Hall–Kier alpha value is -6.18. The van der Waals surface area contributed by atoms with Crippen molar-refractivity contribution in [1.82, 2.24) is 0 Å². The maximum Gasteiger partial charge on any atom is 0.0526 e. The summed E-state index contributed by atoms with van der Waals surface area (Å²) in [5.41, 5.74) is 15.1. The summed E-state index contributed by atoms with van der Waals surface area (Å²) in [7, 11) is 0. The first-order valence-corrected chi connectivity index (χ1v) is 18.1. The molecule has 6 aromatic carbocycles. The molecular weight excluding hydrogens is 615 g/mol. The van der Waals surface area contributed by atoms with E-state index < -0.39 is 0 Å². The van der Waals surface area contributed by atoms with Gasteiger partial charge in [0.05, 0.1) is 5.41 Å². The van der Waals surface area contributed by atoms with Gasteiger partial charge in [0, 0.05) is 34.8 Å². The fourth-order valence-electron chi connectivity index (χ4n) is 9.21. The van der Waals surface area contributed by atoms with Crippen LogP contribution in [0.15, 0.2) is 212 Å². The highest BCUT2D eigenvalue weighted by Gasteiger charge is 2.55. The summed E-state index contributed by atoms with van der Waals surface area (Å²) in [6, 6.07) is 55.8. The largest absolute Gasteiger partial charge is 0.310 e. The van der Waals surface area contributed by atoms with Gasteiger partial charge >= 0.3 is 0 Å². The summed E-state index contributed by atoms with van der Waals surface area (Å²) in [4.78, 5) is 2.44. The van der Waals surface area contributed by atoms with Crippen molar-refractivity contribution in [3.05, 3.63) is 234 Å². The van der Waals surface area contributed by atoms with Crippen LogP contribution in [0.5, 0.6) is 0 Å². The van der Waals surface area contributed by atoms with Crippen LogP contribution < -0.4 is 4.90 Å². The molecule has 6 aromatic rings. The van der Waals surface area contributed by atoms with Crippen molar-refractivity contribution in [2.24, 2.45) is 5.92 Å². The van der Waals surface area contributed by atoms with Crippen molar-refractivity contribution in [3.8, 4) is 22.3 Å². The lowest BCUT2D eigenvalue weighted by Crippen LogP contribution is -2.38. The van der Waals surface area contributed by atoms with Crippen LogP contribution in [-0.2, 0) is 5.41 Å². The summed E-state index contributed by atoms with van der Waals surface area (Å²) in [6.45, 7) is 0. The van der Waals surface area contributed by atoms with Gasteiger partial charge in [0.2, 0.25) is 0 Å². The summed E-state index contributed by atoms with van der Waals surface area (Å²) in [6.07, 6.45) is 21.1. The third kappa shape index (κ3) is 4.69. The molecule has 0 saturated heterocycles. The van der Waals surface area contributed by atoms with Crippen LogP contribution in [0.1, 0.15) is 34.1 Å². The number of anilines is 3. The molecule has 1 nitrogen and oxygen atoms in total. The zero-order chi connectivity index (χ0) is 33.8. The standard InChI is InChI=1S/C50H37N/c1-3-13-35(14-4-1)37-23-27-41(28-24-37)51(42-29-25-38(26-30-42)36-15-5-2-6-16-36)43-31-32-44-39-17-7-8-18-40(33-39)50(49(44)34-43)47-21-11-9-19-45(47)46-20-10-12-22-48(46)50/h1-34,39,45,47H. The fraction of sp³-hybridized carbons (Fsp3) is 0.0800. The SMILES string of the molecule is C1=CC2=CC(C=C1)c1ccc(N(c3ccc(-c4ccccc4)cc3)c3ccc(-c4ccccc4)cc3)cc1C21c2ccccc2C2C=CC=CC21. The van der Waals surface area contributed by atoms with Gasteiger partial charge in [-0.3, -0.25) is 0 Å². The molecule has 0 fully saturated rings. The first-order valence-electron chi connectivity index (χ1n) is 18.1. The van der Waals surface area contributed by atoms with Crippen molar-refractivity contribution in [2.75, 3.05) is 4.90 Å². The number of rotatable bonds is 5. The van der Waals surface area contributed by atoms with Gasteiger partial charge in [-0.25, -0.2) is 0 Å². The monoisotopic (exact) mass is 651 g/mol. The molecule has 2 bridgehead atoms. The van der Waals surface area contributed by atoms with Crippen LogP contribution in [0.4, 0.5) is 17.1 Å². The highest BCUT2D eigenvalue weighted by molar-refractivity contribution is 5.82. The van der Waals surface area contributed by atoms with E-state index in [0.717, 1.165) is 17.1 Å². The maximum absolute atomic E-state index is 2.52. The van der Waals surface area contributed by atoms with Crippen molar-refractivity contribution < 1.29 is 0 Å². The van der Waals surface area contributed by atoms with Gasteiger partial charge in [0.1, 0.15) is 0 Å². The van der Waals surface area contributed by atoms with E-state index in [2.05, 4.69) is 211 Å². The molecule has 4 aliphatic carbocycles. The van der Waals surface area contributed by atoms with E-state index in [4.69, 9.17) is 0 Å². The first-order chi connectivity index (χ1) is 25.3. The van der Waals surface area contributed by atoms with Gasteiger partial charge in [-0.05, 0) is 86.5 Å². The Labute approximate surface area is 300 Å². The van der Waals surface area contributed by atoms with Crippen molar-refractivity contribution >= 4 is 17.1 Å². The quantitative estimate of drug-likeness (QED) is 0.179. The second-order valence-electron chi connectivity index (χ2n) is 14.0. The number of fused-ring (bicyclic) bond motifs is 10. The summed E-state index contributed by atoms with van der Waals surface area (Å²) in [5.74, 6) is 0.840. The van der Waals surface area contributed by atoms with Crippen molar-refractivity contribution in [2.45, 2.75) is 17.3 Å². The molecule has 10 rings (SSSR count). The maximum atomic E-state index is 2.52. The number of hydrogen-bond donors (Lipinski definition) is 0. The third-order valence-electron chi connectivity index (χ3n) is 11.4. The molecule has 0 amide bonds. The van der Waals surface area contributed by atoms with E-state index in [1.165, 1.54) is 50.1 Å². The Kier molecular flexibility index (Phi) is 6.99. The molecule has 0 aromatic heterocycles. The van der Waals surface area contributed by atoms with Crippen LogP contribution in [0.2, 0.25) is 0 Å². The molecule has 0 saturated carbocycles. The van der Waals surface area contributed by atoms with Crippen molar-refractivity contribution in [3.63, 3.8) is 0 Å². The van der Waals surface area contributed by atoms with Crippen LogP contribution in [0.25, 0.3) is 22.3 Å². The van der Waals surface area contributed by atoms with Crippen molar-refractivity contribution in [1.29, 1.82) is 0 Å². The van der Waals surface area contributed by atoms with Crippen LogP contribution in [0, 0.1) is 5.92 Å². The van der Waals surface area contributed by atoms with Gasteiger partial charge < -0.3 is 4.90 Å².